The lowest BCUT2D eigenvalue weighted by molar-refractivity contribution is -0.115. The van der Waals surface area contributed by atoms with Crippen LogP contribution in [0.4, 0.5) is 5.69 Å². The molecule has 0 aliphatic carbocycles. The van der Waals surface area contributed by atoms with Gasteiger partial charge in [-0.05, 0) is 55.3 Å². The number of nitrogens with zero attached hydrogens (tertiary/aromatic N) is 1. The molecule has 0 atom stereocenters. The zero-order chi connectivity index (χ0) is 22.2. The Labute approximate surface area is 187 Å². The van der Waals surface area contributed by atoms with Crippen LogP contribution in [-0.4, -0.2) is 31.7 Å². The lowest BCUT2D eigenvalue weighted by Gasteiger charge is -2.11. The van der Waals surface area contributed by atoms with E-state index < -0.39 is 0 Å². The second-order valence-electron chi connectivity index (χ2n) is 7.12. The Hall–Kier alpha value is -3.06. The van der Waals surface area contributed by atoms with Gasteiger partial charge in [0.05, 0.1) is 32.9 Å². The molecule has 0 radical (unpaired) electrons. The Balaban J connectivity index is 1.62. The molecule has 1 aromatic heterocycles. The molecule has 0 spiro atoms. The van der Waals surface area contributed by atoms with Gasteiger partial charge in [-0.15, -0.1) is 11.3 Å². The molecule has 0 bridgehead atoms. The predicted octanol–water partition coefficient (Wildman–Crippen LogP) is 5.50. The smallest absolute Gasteiger partial charge is 0.230 e. The van der Waals surface area contributed by atoms with Crippen molar-refractivity contribution < 1.29 is 19.0 Å². The van der Waals surface area contributed by atoms with Gasteiger partial charge in [0.2, 0.25) is 5.91 Å². The molecule has 0 saturated carbocycles. The summed E-state index contributed by atoms with van der Waals surface area (Å²) < 4.78 is 16.4. The van der Waals surface area contributed by atoms with E-state index in [1.165, 1.54) is 11.3 Å². The number of ether oxygens (including phenoxy) is 3. The number of unbranched alkanes of at least 4 members (excludes halogenated alkanes) is 1. The van der Waals surface area contributed by atoms with Gasteiger partial charge in [-0.3, -0.25) is 4.79 Å². The summed E-state index contributed by atoms with van der Waals surface area (Å²) in [7, 11) is 3.21. The monoisotopic (exact) mass is 440 g/mol. The molecule has 3 rings (SSSR count). The van der Waals surface area contributed by atoms with Gasteiger partial charge in [-0.2, -0.15) is 0 Å². The normalized spacial score (nSPS) is 10.6. The molecule has 1 amide bonds. The molecule has 31 heavy (non-hydrogen) atoms. The Bertz CT molecular complexity index is 1030. The molecule has 3 aromatic rings. The summed E-state index contributed by atoms with van der Waals surface area (Å²) in [6.45, 7) is 4.79. The Morgan fingerprint density at radius 2 is 1.90 bits per heavy atom. The third-order valence-corrected chi connectivity index (χ3v) is 5.70. The van der Waals surface area contributed by atoms with Crippen molar-refractivity contribution in [1.29, 1.82) is 0 Å². The van der Waals surface area contributed by atoms with Crippen molar-refractivity contribution in [2.24, 2.45) is 0 Å². The lowest BCUT2D eigenvalue weighted by Crippen LogP contribution is -2.15. The van der Waals surface area contributed by atoms with Gasteiger partial charge in [-0.1, -0.05) is 13.3 Å². The number of methoxy groups -OCH3 is 2. The van der Waals surface area contributed by atoms with E-state index in [-0.39, 0.29) is 12.3 Å². The highest BCUT2D eigenvalue weighted by Crippen LogP contribution is 2.33. The molecule has 0 unspecified atom stereocenters. The molecular formula is C24H28N2O4S. The van der Waals surface area contributed by atoms with Crippen molar-refractivity contribution >= 4 is 22.9 Å². The standard InChI is InChI=1S/C24H28N2O4S/c1-5-6-11-30-19-8-9-20(16(2)12-19)26-23(27)14-18-15-31-24(25-18)17-7-10-21(28-3)22(13-17)29-4/h7-10,12-13,15H,5-6,11,14H2,1-4H3,(H,26,27). The fourth-order valence-electron chi connectivity index (χ4n) is 3.05. The summed E-state index contributed by atoms with van der Waals surface area (Å²) in [5, 5.41) is 5.70. The van der Waals surface area contributed by atoms with Gasteiger partial charge < -0.3 is 19.5 Å². The first-order valence-electron chi connectivity index (χ1n) is 10.2. The van der Waals surface area contributed by atoms with Crippen LogP contribution in [-0.2, 0) is 11.2 Å². The summed E-state index contributed by atoms with van der Waals surface area (Å²) in [5.41, 5.74) is 3.39. The molecule has 0 aliphatic heterocycles. The summed E-state index contributed by atoms with van der Waals surface area (Å²) >= 11 is 1.49. The number of aryl methyl sites for hydroxylation is 1. The van der Waals surface area contributed by atoms with Gasteiger partial charge in [0.25, 0.3) is 0 Å². The number of hydrogen-bond acceptors (Lipinski definition) is 6. The van der Waals surface area contributed by atoms with Crippen molar-refractivity contribution in [2.45, 2.75) is 33.1 Å². The quantitative estimate of drug-likeness (QED) is 0.422. The first-order valence-corrected chi connectivity index (χ1v) is 11.1. The van der Waals surface area contributed by atoms with Crippen LogP contribution in [0.1, 0.15) is 31.0 Å². The van der Waals surface area contributed by atoms with E-state index in [0.717, 1.165) is 46.1 Å². The molecule has 1 N–H and O–H groups in total. The Morgan fingerprint density at radius 1 is 1.10 bits per heavy atom. The highest BCUT2D eigenvalue weighted by atomic mass is 32.1. The molecule has 7 heteroatoms. The average molecular weight is 441 g/mol. The Morgan fingerprint density at radius 3 is 2.61 bits per heavy atom. The van der Waals surface area contributed by atoms with Crippen molar-refractivity contribution in [2.75, 3.05) is 26.1 Å². The first-order chi connectivity index (χ1) is 15.0. The zero-order valence-corrected chi connectivity index (χ0v) is 19.2. The van der Waals surface area contributed by atoms with E-state index in [1.807, 2.05) is 48.7 Å². The predicted molar refractivity (Wildman–Crippen MR) is 125 cm³/mol. The lowest BCUT2D eigenvalue weighted by atomic mass is 10.2. The van der Waals surface area contributed by atoms with Gasteiger partial charge in [0.15, 0.2) is 11.5 Å². The number of carbonyl (C=O) groups is 1. The summed E-state index contributed by atoms with van der Waals surface area (Å²) in [6, 6.07) is 11.4. The summed E-state index contributed by atoms with van der Waals surface area (Å²) in [4.78, 5) is 17.2. The first kappa shape index (κ1) is 22.6. The SMILES string of the molecule is CCCCOc1ccc(NC(=O)Cc2csc(-c3ccc(OC)c(OC)c3)n2)c(C)c1. The van der Waals surface area contributed by atoms with Crippen LogP contribution in [0.15, 0.2) is 41.8 Å². The highest BCUT2D eigenvalue weighted by Gasteiger charge is 2.13. The number of hydrogen-bond donors (Lipinski definition) is 1. The van der Waals surface area contributed by atoms with Gasteiger partial charge in [-0.25, -0.2) is 4.98 Å². The van der Waals surface area contributed by atoms with Crippen molar-refractivity contribution in [3.63, 3.8) is 0 Å². The second-order valence-corrected chi connectivity index (χ2v) is 7.98. The number of aromatic nitrogens is 1. The van der Waals surface area contributed by atoms with E-state index in [4.69, 9.17) is 14.2 Å². The van der Waals surface area contributed by atoms with Crippen LogP contribution >= 0.6 is 11.3 Å². The third-order valence-electron chi connectivity index (χ3n) is 4.76. The third kappa shape index (κ3) is 5.98. The number of nitrogens with one attached hydrogen (secondary N) is 1. The Kier molecular flexibility index (Phi) is 7.89. The molecule has 6 nitrogen and oxygen atoms in total. The average Bonchev–Trinajstić information content (AvgIpc) is 3.23. The van der Waals surface area contributed by atoms with E-state index in [9.17, 15) is 4.79 Å². The number of anilines is 1. The molecule has 1 heterocycles. The fraction of sp³-hybridized carbons (Fsp3) is 0.333. The van der Waals surface area contributed by atoms with E-state index in [1.54, 1.807) is 14.2 Å². The van der Waals surface area contributed by atoms with E-state index in [0.29, 0.717) is 18.1 Å². The number of amides is 1. The highest BCUT2D eigenvalue weighted by molar-refractivity contribution is 7.13. The van der Waals surface area contributed by atoms with Crippen LogP contribution in [0.2, 0.25) is 0 Å². The number of thiazole rings is 1. The molecule has 2 aromatic carbocycles. The van der Waals surface area contributed by atoms with Crippen LogP contribution < -0.4 is 19.5 Å². The van der Waals surface area contributed by atoms with Crippen LogP contribution in [0, 0.1) is 6.92 Å². The van der Waals surface area contributed by atoms with Crippen LogP contribution in [0.3, 0.4) is 0 Å². The number of benzene rings is 2. The maximum atomic E-state index is 12.5. The van der Waals surface area contributed by atoms with Gasteiger partial charge in [0.1, 0.15) is 10.8 Å². The fourth-order valence-corrected chi connectivity index (χ4v) is 3.87. The second kappa shape index (κ2) is 10.8. The molecule has 0 aliphatic rings. The summed E-state index contributed by atoms with van der Waals surface area (Å²) in [6.07, 6.45) is 2.33. The van der Waals surface area contributed by atoms with E-state index >= 15 is 0 Å². The molecule has 164 valence electrons. The minimum absolute atomic E-state index is 0.105. The topological polar surface area (TPSA) is 69.7 Å². The van der Waals surface area contributed by atoms with Gasteiger partial charge >= 0.3 is 0 Å². The molecule has 0 fully saturated rings. The molecule has 0 saturated heterocycles. The minimum atomic E-state index is -0.105. The number of rotatable bonds is 10. The molecular weight excluding hydrogens is 412 g/mol. The van der Waals surface area contributed by atoms with Crippen LogP contribution in [0.5, 0.6) is 17.2 Å². The van der Waals surface area contributed by atoms with Crippen molar-refractivity contribution in [1.82, 2.24) is 4.98 Å². The maximum Gasteiger partial charge on any atom is 0.230 e. The zero-order valence-electron chi connectivity index (χ0n) is 18.4. The largest absolute Gasteiger partial charge is 0.494 e. The summed E-state index contributed by atoms with van der Waals surface area (Å²) in [5.74, 6) is 2.03. The maximum absolute atomic E-state index is 12.5. The number of carbonyl (C=O) groups excluding carboxylic acids is 1. The van der Waals surface area contributed by atoms with Crippen LogP contribution in [0.25, 0.3) is 10.6 Å². The van der Waals surface area contributed by atoms with Crippen molar-refractivity contribution in [3.05, 3.63) is 53.0 Å². The van der Waals surface area contributed by atoms with E-state index in [2.05, 4.69) is 17.2 Å². The van der Waals surface area contributed by atoms with Gasteiger partial charge in [0, 0.05) is 16.6 Å². The minimum Gasteiger partial charge on any atom is -0.494 e. The van der Waals surface area contributed by atoms with Crippen molar-refractivity contribution in [3.8, 4) is 27.8 Å².